The third-order valence-electron chi connectivity index (χ3n) is 6.34. The van der Waals surface area contributed by atoms with Crippen molar-refractivity contribution in [2.75, 3.05) is 0 Å². The van der Waals surface area contributed by atoms with Gasteiger partial charge < -0.3 is 16.8 Å². The minimum Gasteiger partial charge on any atom is -0.550 e. The Morgan fingerprint density at radius 3 is 0.970 bits per heavy atom. The molecule has 0 unspecified atom stereocenters. The van der Waals surface area contributed by atoms with Gasteiger partial charge in [0.2, 0.25) is 0 Å². The number of carboxylic acids is 1. The summed E-state index contributed by atoms with van der Waals surface area (Å²) in [4.78, 5) is 10.2. The average Bonchev–Trinajstić information content (AvgIpc) is 2.78. The molecule has 0 aliphatic heterocycles. The zero-order valence-electron chi connectivity index (χ0n) is 23.1. The summed E-state index contributed by atoms with van der Waals surface area (Å²) in [5, 5.41) is 10.2. The van der Waals surface area contributed by atoms with Crippen LogP contribution in [-0.4, -0.2) is 29.0 Å². The Morgan fingerprint density at radius 2 is 0.727 bits per heavy atom. The standard InChI is InChI=1S/C18H36O2.C12H25.Mg/c1-2-3-4-5-6-7-8-9-10-11-12-13-14-15-16-17-18(19)20;1-3-5-7-9-11-12-10-8-6-4-2;/h2-17H2,1H3,(H,19,20);1,3-12H2,2H3;/q;-1;+2/p-1. The van der Waals surface area contributed by atoms with Crippen LogP contribution in [0.25, 0.3) is 0 Å². The molecule has 0 spiro atoms. The van der Waals surface area contributed by atoms with Crippen molar-refractivity contribution in [2.24, 2.45) is 0 Å². The number of carboxylic acid groups (broad SMARTS) is 1. The molecule has 0 amide bonds. The van der Waals surface area contributed by atoms with Gasteiger partial charge in [0.15, 0.2) is 0 Å². The van der Waals surface area contributed by atoms with E-state index in [0.29, 0.717) is 0 Å². The zero-order chi connectivity index (χ0) is 24.0. The van der Waals surface area contributed by atoms with Crippen LogP contribution in [0.5, 0.6) is 0 Å². The number of carbonyl (C=O) groups is 1. The van der Waals surface area contributed by atoms with Gasteiger partial charge in [-0.1, -0.05) is 162 Å². The van der Waals surface area contributed by atoms with Crippen LogP contribution in [0.4, 0.5) is 0 Å². The first kappa shape index (κ1) is 37.8. The van der Waals surface area contributed by atoms with Crippen LogP contribution < -0.4 is 5.11 Å². The Balaban J connectivity index is -0.000000596. The molecule has 0 aliphatic carbocycles. The quantitative estimate of drug-likeness (QED) is 0.0747. The zero-order valence-corrected chi connectivity index (χ0v) is 24.5. The summed E-state index contributed by atoms with van der Waals surface area (Å²) in [6.45, 7) is 8.38. The van der Waals surface area contributed by atoms with Crippen molar-refractivity contribution < 1.29 is 9.90 Å². The van der Waals surface area contributed by atoms with Gasteiger partial charge in [-0.15, -0.1) is 0 Å². The number of rotatable bonds is 25. The van der Waals surface area contributed by atoms with Crippen LogP contribution in [-0.2, 0) is 4.79 Å². The topological polar surface area (TPSA) is 40.1 Å². The fraction of sp³-hybridized carbons (Fsp3) is 0.933. The molecule has 0 N–H and O–H groups in total. The summed E-state index contributed by atoms with van der Waals surface area (Å²) in [7, 11) is 0. The van der Waals surface area contributed by atoms with Gasteiger partial charge >= 0.3 is 23.1 Å². The van der Waals surface area contributed by atoms with Gasteiger partial charge in [0.25, 0.3) is 0 Å². The van der Waals surface area contributed by atoms with Crippen molar-refractivity contribution in [1.82, 2.24) is 0 Å². The Labute approximate surface area is 226 Å². The maximum absolute atomic E-state index is 10.2. The van der Waals surface area contributed by atoms with E-state index in [1.54, 1.807) is 0 Å². The molecule has 33 heavy (non-hydrogen) atoms. The second-order valence-electron chi connectivity index (χ2n) is 9.75. The predicted octanol–water partition coefficient (Wildman–Crippen LogP) is 9.36. The van der Waals surface area contributed by atoms with E-state index in [4.69, 9.17) is 0 Å². The third-order valence-corrected chi connectivity index (χ3v) is 6.34. The molecule has 0 aromatic heterocycles. The molecule has 3 heteroatoms. The van der Waals surface area contributed by atoms with Gasteiger partial charge in [-0.2, -0.15) is 6.42 Å². The van der Waals surface area contributed by atoms with E-state index in [-0.39, 0.29) is 29.5 Å². The molecule has 0 heterocycles. The van der Waals surface area contributed by atoms with Gasteiger partial charge in [0, 0.05) is 5.97 Å². The normalized spacial score (nSPS) is 10.4. The van der Waals surface area contributed by atoms with Crippen molar-refractivity contribution in [2.45, 2.75) is 181 Å². The summed E-state index contributed by atoms with van der Waals surface area (Å²) < 4.78 is 0. The molecule has 0 bridgehead atoms. The summed E-state index contributed by atoms with van der Waals surface area (Å²) in [5.41, 5.74) is 0. The third kappa shape index (κ3) is 42.8. The van der Waals surface area contributed by atoms with Gasteiger partial charge in [0.05, 0.1) is 0 Å². The first-order valence-corrected chi connectivity index (χ1v) is 14.7. The Morgan fingerprint density at radius 1 is 0.485 bits per heavy atom. The van der Waals surface area contributed by atoms with Crippen molar-refractivity contribution in [3.8, 4) is 0 Å². The summed E-state index contributed by atoms with van der Waals surface area (Å²) >= 11 is 0. The SMILES string of the molecule is CCCCCCCCCCCCCCCCCC(=O)[O-].[CH2-]CCCCCCCCCCC.[Mg+2]. The van der Waals surface area contributed by atoms with Crippen LogP contribution >= 0.6 is 0 Å². The molecule has 0 fully saturated rings. The van der Waals surface area contributed by atoms with Gasteiger partial charge in [-0.05, 0) is 12.8 Å². The fourth-order valence-electron chi connectivity index (χ4n) is 4.13. The predicted molar refractivity (Wildman–Crippen MR) is 148 cm³/mol. The number of carbonyl (C=O) groups excluding carboxylic acids is 1. The van der Waals surface area contributed by atoms with Crippen molar-refractivity contribution in [3.63, 3.8) is 0 Å². The summed E-state index contributed by atoms with van der Waals surface area (Å²) in [6, 6.07) is 0. The first-order valence-electron chi connectivity index (χ1n) is 14.7. The van der Waals surface area contributed by atoms with E-state index < -0.39 is 5.97 Å². The monoisotopic (exact) mass is 476 g/mol. The van der Waals surface area contributed by atoms with Gasteiger partial charge in [-0.3, -0.25) is 0 Å². The molecule has 0 saturated heterocycles. The van der Waals surface area contributed by atoms with Gasteiger partial charge in [0.1, 0.15) is 0 Å². The van der Waals surface area contributed by atoms with E-state index >= 15 is 0 Å². The molecular weight excluding hydrogens is 417 g/mol. The number of hydrogen-bond acceptors (Lipinski definition) is 2. The van der Waals surface area contributed by atoms with E-state index in [1.165, 1.54) is 141 Å². The minimum absolute atomic E-state index is 0. The molecule has 0 saturated carbocycles. The number of unbranched alkanes of at least 4 members (excludes halogenated alkanes) is 23. The Kier molecular flexibility index (Phi) is 42.1. The van der Waals surface area contributed by atoms with Crippen LogP contribution in [0.3, 0.4) is 0 Å². The molecule has 0 atom stereocenters. The fourth-order valence-corrected chi connectivity index (χ4v) is 4.13. The van der Waals surface area contributed by atoms with Crippen LogP contribution in [0, 0.1) is 6.92 Å². The summed E-state index contributed by atoms with van der Waals surface area (Å²) in [5.74, 6) is -0.903. The van der Waals surface area contributed by atoms with Crippen molar-refractivity contribution in [1.29, 1.82) is 0 Å². The van der Waals surface area contributed by atoms with Crippen LogP contribution in [0.2, 0.25) is 0 Å². The molecule has 194 valence electrons. The van der Waals surface area contributed by atoms with Gasteiger partial charge in [-0.25, -0.2) is 0 Å². The van der Waals surface area contributed by atoms with E-state index in [1.807, 2.05) is 0 Å². The van der Waals surface area contributed by atoms with Crippen LogP contribution in [0.1, 0.15) is 181 Å². The molecule has 0 aromatic carbocycles. The number of aliphatic carboxylic acids is 1. The number of hydrogen-bond donors (Lipinski definition) is 0. The largest absolute Gasteiger partial charge is 2.00 e. The Hall–Kier alpha value is 0.236. The van der Waals surface area contributed by atoms with E-state index in [0.717, 1.165) is 19.3 Å². The molecule has 0 aliphatic rings. The minimum atomic E-state index is -0.903. The molecule has 0 rings (SSSR count). The maximum atomic E-state index is 10.2. The van der Waals surface area contributed by atoms with E-state index in [9.17, 15) is 9.90 Å². The van der Waals surface area contributed by atoms with Crippen molar-refractivity contribution >= 4 is 29.0 Å². The molecule has 0 aromatic rings. The smallest absolute Gasteiger partial charge is 0.550 e. The second-order valence-corrected chi connectivity index (χ2v) is 9.75. The second kappa shape index (κ2) is 36.8. The van der Waals surface area contributed by atoms with E-state index in [2.05, 4.69) is 20.8 Å². The molecule has 2 nitrogen and oxygen atoms in total. The van der Waals surface area contributed by atoms with Crippen molar-refractivity contribution in [3.05, 3.63) is 6.92 Å². The molecule has 0 radical (unpaired) electrons. The summed E-state index contributed by atoms with van der Waals surface area (Å²) in [6.07, 6.45) is 33.7. The molecular formula is C30H60MgO2. The van der Waals surface area contributed by atoms with Crippen LogP contribution in [0.15, 0.2) is 0 Å². The first-order chi connectivity index (χ1) is 15.7. The average molecular weight is 477 g/mol. The Bertz CT molecular complexity index is 323. The maximum Gasteiger partial charge on any atom is 2.00 e.